The molecule has 0 unspecified atom stereocenters. The molecule has 1 atom stereocenters. The highest BCUT2D eigenvalue weighted by Crippen LogP contribution is 2.17. The summed E-state index contributed by atoms with van der Waals surface area (Å²) >= 11 is 0. The van der Waals surface area contributed by atoms with E-state index in [-0.39, 0.29) is 6.03 Å². The Bertz CT molecular complexity index is 779. The first-order chi connectivity index (χ1) is 13.6. The number of piperazine rings is 1. The van der Waals surface area contributed by atoms with Gasteiger partial charge in [0.1, 0.15) is 0 Å². The first-order valence-electron chi connectivity index (χ1n) is 9.85. The van der Waals surface area contributed by atoms with Gasteiger partial charge < -0.3 is 15.0 Å². The van der Waals surface area contributed by atoms with Gasteiger partial charge in [0.15, 0.2) is 5.82 Å². The maximum absolute atomic E-state index is 12.8. The lowest BCUT2D eigenvalue weighted by Crippen LogP contribution is -2.56. The molecule has 1 aliphatic heterocycles. The van der Waals surface area contributed by atoms with E-state index in [0.717, 1.165) is 50.6 Å². The van der Waals surface area contributed by atoms with Crippen LogP contribution in [-0.4, -0.2) is 81.5 Å². The number of hydrogen-bond donors (Lipinski definition) is 1. The van der Waals surface area contributed by atoms with Crippen molar-refractivity contribution in [1.82, 2.24) is 30.0 Å². The van der Waals surface area contributed by atoms with Gasteiger partial charge in [0.25, 0.3) is 0 Å². The second-order valence-corrected chi connectivity index (χ2v) is 6.86. The number of urea groups is 1. The van der Waals surface area contributed by atoms with Crippen molar-refractivity contribution in [3.8, 4) is 5.69 Å². The van der Waals surface area contributed by atoms with E-state index >= 15 is 0 Å². The SMILES string of the molecule is CCOCCN1CCN(C(=O)Nc2cccc(-n3nnnc3C)c2)C[C@@H]1CC. The van der Waals surface area contributed by atoms with Gasteiger partial charge in [-0.25, -0.2) is 4.79 Å². The van der Waals surface area contributed by atoms with E-state index in [1.54, 1.807) is 4.68 Å². The maximum Gasteiger partial charge on any atom is 0.321 e. The van der Waals surface area contributed by atoms with Crippen molar-refractivity contribution in [1.29, 1.82) is 0 Å². The summed E-state index contributed by atoms with van der Waals surface area (Å²) in [6.45, 7) is 10.7. The quantitative estimate of drug-likeness (QED) is 0.731. The number of carbonyl (C=O) groups is 1. The number of tetrazole rings is 1. The Morgan fingerprint density at radius 2 is 2.18 bits per heavy atom. The highest BCUT2D eigenvalue weighted by atomic mass is 16.5. The number of carbonyl (C=O) groups excluding carboxylic acids is 1. The standard InChI is InChI=1S/C19H29N7O2/c1-4-17-14-25(10-9-24(17)11-12-28-5-2)19(27)20-16-7-6-8-18(13-16)26-15(3)21-22-23-26/h6-8,13,17H,4-5,9-12,14H2,1-3H3,(H,20,27)/t17-/m0/s1. The molecule has 9 heteroatoms. The van der Waals surface area contributed by atoms with Gasteiger partial charge >= 0.3 is 6.03 Å². The molecule has 1 fully saturated rings. The van der Waals surface area contributed by atoms with Crippen LogP contribution in [0.1, 0.15) is 26.1 Å². The van der Waals surface area contributed by atoms with E-state index in [4.69, 9.17) is 4.74 Å². The van der Waals surface area contributed by atoms with Crippen LogP contribution in [0.3, 0.4) is 0 Å². The summed E-state index contributed by atoms with van der Waals surface area (Å²) in [7, 11) is 0. The molecule has 0 aliphatic carbocycles. The number of aryl methyl sites for hydroxylation is 1. The predicted octanol–water partition coefficient (Wildman–Crippen LogP) is 1.94. The highest BCUT2D eigenvalue weighted by Gasteiger charge is 2.28. The van der Waals surface area contributed by atoms with E-state index in [1.165, 1.54) is 0 Å². The Morgan fingerprint density at radius 1 is 1.32 bits per heavy atom. The summed E-state index contributed by atoms with van der Waals surface area (Å²) in [5.74, 6) is 0.692. The maximum atomic E-state index is 12.8. The van der Waals surface area contributed by atoms with Crippen LogP contribution in [0.2, 0.25) is 0 Å². The Labute approximate surface area is 165 Å². The lowest BCUT2D eigenvalue weighted by atomic mass is 10.1. The number of nitrogens with zero attached hydrogens (tertiary/aromatic N) is 6. The molecule has 0 saturated carbocycles. The molecular formula is C19H29N7O2. The minimum atomic E-state index is -0.0755. The Balaban J connectivity index is 1.60. The van der Waals surface area contributed by atoms with Crippen LogP contribution in [0.4, 0.5) is 10.5 Å². The summed E-state index contributed by atoms with van der Waals surface area (Å²) in [5, 5.41) is 14.5. The van der Waals surface area contributed by atoms with Crippen molar-refractivity contribution in [2.24, 2.45) is 0 Å². The summed E-state index contributed by atoms with van der Waals surface area (Å²) in [6.07, 6.45) is 1.00. The largest absolute Gasteiger partial charge is 0.380 e. The van der Waals surface area contributed by atoms with Crippen molar-refractivity contribution in [3.05, 3.63) is 30.1 Å². The van der Waals surface area contributed by atoms with Gasteiger partial charge in [-0.15, -0.1) is 5.10 Å². The topological polar surface area (TPSA) is 88.4 Å². The molecule has 28 heavy (non-hydrogen) atoms. The molecule has 3 rings (SSSR count). The first-order valence-corrected chi connectivity index (χ1v) is 9.85. The molecule has 0 bridgehead atoms. The molecule has 1 aromatic heterocycles. The van der Waals surface area contributed by atoms with E-state index < -0.39 is 0 Å². The number of hydrogen-bond acceptors (Lipinski definition) is 6. The Morgan fingerprint density at radius 3 is 2.89 bits per heavy atom. The minimum Gasteiger partial charge on any atom is -0.380 e. The molecule has 0 spiro atoms. The zero-order valence-corrected chi connectivity index (χ0v) is 16.8. The molecule has 1 aromatic carbocycles. The number of aromatic nitrogens is 4. The number of benzene rings is 1. The second-order valence-electron chi connectivity index (χ2n) is 6.86. The molecule has 9 nitrogen and oxygen atoms in total. The number of ether oxygens (including phenoxy) is 1. The van der Waals surface area contributed by atoms with E-state index in [1.807, 2.05) is 43.0 Å². The van der Waals surface area contributed by atoms with Crippen molar-refractivity contribution in [2.75, 3.05) is 44.7 Å². The van der Waals surface area contributed by atoms with Gasteiger partial charge in [0.2, 0.25) is 0 Å². The molecule has 1 saturated heterocycles. The van der Waals surface area contributed by atoms with Crippen molar-refractivity contribution >= 4 is 11.7 Å². The first kappa shape index (κ1) is 20.2. The normalized spacial score (nSPS) is 17.7. The Kier molecular flexibility index (Phi) is 6.94. The van der Waals surface area contributed by atoms with Gasteiger partial charge in [-0.2, -0.15) is 4.68 Å². The van der Waals surface area contributed by atoms with E-state index in [2.05, 4.69) is 32.7 Å². The fraction of sp³-hybridized carbons (Fsp3) is 0.579. The third-order valence-electron chi connectivity index (χ3n) is 5.06. The monoisotopic (exact) mass is 387 g/mol. The summed E-state index contributed by atoms with van der Waals surface area (Å²) in [6, 6.07) is 7.81. The summed E-state index contributed by atoms with van der Waals surface area (Å²) in [4.78, 5) is 17.1. The van der Waals surface area contributed by atoms with E-state index in [0.29, 0.717) is 18.4 Å². The molecule has 152 valence electrons. The van der Waals surface area contributed by atoms with Crippen molar-refractivity contribution in [3.63, 3.8) is 0 Å². The lowest BCUT2D eigenvalue weighted by molar-refractivity contribution is 0.0545. The zero-order chi connectivity index (χ0) is 19.9. The number of rotatable bonds is 7. The van der Waals surface area contributed by atoms with Gasteiger partial charge in [-0.3, -0.25) is 4.90 Å². The third-order valence-corrected chi connectivity index (χ3v) is 5.06. The third kappa shape index (κ3) is 4.85. The van der Waals surface area contributed by atoms with Crippen LogP contribution in [0.25, 0.3) is 5.69 Å². The molecule has 1 N–H and O–H groups in total. The molecule has 1 aliphatic rings. The predicted molar refractivity (Wildman–Crippen MR) is 107 cm³/mol. The Hall–Kier alpha value is -2.52. The number of amides is 2. The van der Waals surface area contributed by atoms with Crippen LogP contribution in [0.5, 0.6) is 0 Å². The van der Waals surface area contributed by atoms with Crippen molar-refractivity contribution < 1.29 is 9.53 Å². The van der Waals surface area contributed by atoms with E-state index in [9.17, 15) is 4.79 Å². The van der Waals surface area contributed by atoms with Gasteiger partial charge in [-0.1, -0.05) is 13.0 Å². The molecule has 0 radical (unpaired) electrons. The van der Waals surface area contributed by atoms with Gasteiger partial charge in [0, 0.05) is 44.5 Å². The van der Waals surface area contributed by atoms with Crippen LogP contribution in [0, 0.1) is 6.92 Å². The smallest absolute Gasteiger partial charge is 0.321 e. The van der Waals surface area contributed by atoms with Crippen LogP contribution in [-0.2, 0) is 4.74 Å². The lowest BCUT2D eigenvalue weighted by Gasteiger charge is -2.41. The number of anilines is 1. The van der Waals surface area contributed by atoms with Gasteiger partial charge in [0.05, 0.1) is 12.3 Å². The molecule has 2 aromatic rings. The fourth-order valence-corrected chi connectivity index (χ4v) is 3.47. The van der Waals surface area contributed by atoms with Crippen molar-refractivity contribution in [2.45, 2.75) is 33.2 Å². The fourth-order valence-electron chi connectivity index (χ4n) is 3.47. The average Bonchev–Trinajstić information content (AvgIpc) is 3.14. The molecule has 2 heterocycles. The zero-order valence-electron chi connectivity index (χ0n) is 16.8. The summed E-state index contributed by atoms with van der Waals surface area (Å²) < 4.78 is 7.12. The van der Waals surface area contributed by atoms with Crippen LogP contribution < -0.4 is 5.32 Å². The summed E-state index contributed by atoms with van der Waals surface area (Å²) in [5.41, 5.74) is 1.54. The second kappa shape index (κ2) is 9.61. The molecular weight excluding hydrogens is 358 g/mol. The average molecular weight is 387 g/mol. The van der Waals surface area contributed by atoms with Gasteiger partial charge in [-0.05, 0) is 48.9 Å². The highest BCUT2D eigenvalue weighted by molar-refractivity contribution is 5.89. The van der Waals surface area contributed by atoms with Crippen LogP contribution >= 0.6 is 0 Å². The number of nitrogens with one attached hydrogen (secondary N) is 1. The minimum absolute atomic E-state index is 0.0755. The van der Waals surface area contributed by atoms with Crippen LogP contribution in [0.15, 0.2) is 24.3 Å². The molecule has 2 amide bonds.